The number of benzene rings is 2. The SMILES string of the molecule is CCc1ccc(C(C)NC(=O)CC(N)c2ccccc2)cc1. The van der Waals surface area contributed by atoms with Crippen LogP contribution in [0.15, 0.2) is 54.6 Å². The van der Waals surface area contributed by atoms with Gasteiger partial charge >= 0.3 is 0 Å². The van der Waals surface area contributed by atoms with E-state index < -0.39 is 0 Å². The highest BCUT2D eigenvalue weighted by atomic mass is 16.1. The van der Waals surface area contributed by atoms with Gasteiger partial charge in [-0.05, 0) is 30.0 Å². The van der Waals surface area contributed by atoms with Gasteiger partial charge in [-0.25, -0.2) is 0 Å². The first kappa shape index (κ1) is 16.2. The molecule has 2 aromatic carbocycles. The summed E-state index contributed by atoms with van der Waals surface area (Å²) in [6, 6.07) is 17.8. The molecule has 0 heterocycles. The Bertz CT molecular complexity index is 593. The molecule has 0 aromatic heterocycles. The molecule has 2 aromatic rings. The molecule has 3 nitrogen and oxygen atoms in total. The van der Waals surface area contributed by atoms with E-state index in [1.165, 1.54) is 5.56 Å². The Morgan fingerprint density at radius 3 is 2.27 bits per heavy atom. The molecule has 0 fully saturated rings. The highest BCUT2D eigenvalue weighted by molar-refractivity contribution is 5.77. The molecule has 3 N–H and O–H groups in total. The molecular formula is C19H24N2O. The Morgan fingerprint density at radius 2 is 1.68 bits per heavy atom. The Morgan fingerprint density at radius 1 is 1.05 bits per heavy atom. The fourth-order valence-corrected chi connectivity index (χ4v) is 2.44. The summed E-state index contributed by atoms with van der Waals surface area (Å²) in [4.78, 5) is 12.1. The highest BCUT2D eigenvalue weighted by Gasteiger charge is 2.14. The van der Waals surface area contributed by atoms with Gasteiger partial charge < -0.3 is 11.1 Å². The molecule has 2 atom stereocenters. The number of nitrogens with two attached hydrogens (primary N) is 1. The highest BCUT2D eigenvalue weighted by Crippen LogP contribution is 2.16. The lowest BCUT2D eigenvalue weighted by molar-refractivity contribution is -0.122. The monoisotopic (exact) mass is 296 g/mol. The van der Waals surface area contributed by atoms with Gasteiger partial charge in [0.05, 0.1) is 6.04 Å². The summed E-state index contributed by atoms with van der Waals surface area (Å²) >= 11 is 0. The van der Waals surface area contributed by atoms with Crippen LogP contribution in [0.5, 0.6) is 0 Å². The lowest BCUT2D eigenvalue weighted by Gasteiger charge is -2.17. The molecule has 0 bridgehead atoms. The number of amides is 1. The quantitative estimate of drug-likeness (QED) is 0.857. The fraction of sp³-hybridized carbons (Fsp3) is 0.316. The zero-order chi connectivity index (χ0) is 15.9. The molecule has 0 saturated carbocycles. The number of rotatable bonds is 6. The molecule has 0 spiro atoms. The predicted molar refractivity (Wildman–Crippen MR) is 90.4 cm³/mol. The van der Waals surface area contributed by atoms with E-state index in [-0.39, 0.29) is 18.0 Å². The predicted octanol–water partition coefficient (Wildman–Crippen LogP) is 3.52. The third kappa shape index (κ3) is 4.43. The van der Waals surface area contributed by atoms with Gasteiger partial charge in [0.15, 0.2) is 0 Å². The number of carbonyl (C=O) groups excluding carboxylic acids is 1. The van der Waals surface area contributed by atoms with Gasteiger partial charge in [0.25, 0.3) is 0 Å². The van der Waals surface area contributed by atoms with Crippen molar-refractivity contribution < 1.29 is 4.79 Å². The molecule has 116 valence electrons. The van der Waals surface area contributed by atoms with Gasteiger partial charge in [-0.3, -0.25) is 4.79 Å². The van der Waals surface area contributed by atoms with Gasteiger partial charge in [0.2, 0.25) is 5.91 Å². The van der Waals surface area contributed by atoms with Crippen molar-refractivity contribution in [1.29, 1.82) is 0 Å². The summed E-state index contributed by atoms with van der Waals surface area (Å²) in [5, 5.41) is 3.02. The maximum atomic E-state index is 12.1. The van der Waals surface area contributed by atoms with E-state index in [1.54, 1.807) is 0 Å². The first-order valence-electron chi connectivity index (χ1n) is 7.79. The molecule has 0 aliphatic carbocycles. The topological polar surface area (TPSA) is 55.1 Å². The summed E-state index contributed by atoms with van der Waals surface area (Å²) in [6.45, 7) is 4.12. The smallest absolute Gasteiger partial charge is 0.222 e. The van der Waals surface area contributed by atoms with Crippen LogP contribution in [0.2, 0.25) is 0 Å². The van der Waals surface area contributed by atoms with Crippen molar-refractivity contribution in [2.24, 2.45) is 5.73 Å². The van der Waals surface area contributed by atoms with Crippen LogP contribution in [0.3, 0.4) is 0 Å². The van der Waals surface area contributed by atoms with Crippen molar-refractivity contribution >= 4 is 5.91 Å². The molecule has 0 radical (unpaired) electrons. The van der Waals surface area contributed by atoms with Crippen LogP contribution in [0.1, 0.15) is 49.0 Å². The second kappa shape index (κ2) is 7.76. The van der Waals surface area contributed by atoms with Crippen LogP contribution in [0.25, 0.3) is 0 Å². The minimum Gasteiger partial charge on any atom is -0.350 e. The van der Waals surface area contributed by atoms with Gasteiger partial charge in [-0.2, -0.15) is 0 Å². The van der Waals surface area contributed by atoms with Crippen LogP contribution in [-0.2, 0) is 11.2 Å². The summed E-state index contributed by atoms with van der Waals surface area (Å²) in [6.07, 6.45) is 1.31. The summed E-state index contributed by atoms with van der Waals surface area (Å²) in [7, 11) is 0. The largest absolute Gasteiger partial charge is 0.350 e. The van der Waals surface area contributed by atoms with Gasteiger partial charge in [-0.15, -0.1) is 0 Å². The van der Waals surface area contributed by atoms with Crippen LogP contribution in [0.4, 0.5) is 0 Å². The Kier molecular flexibility index (Phi) is 5.73. The number of hydrogen-bond acceptors (Lipinski definition) is 2. The van der Waals surface area contributed by atoms with Crippen LogP contribution < -0.4 is 11.1 Å². The standard InChI is InChI=1S/C19H24N2O/c1-3-15-9-11-16(12-10-15)14(2)21-19(22)13-18(20)17-7-5-4-6-8-17/h4-12,14,18H,3,13,20H2,1-2H3,(H,21,22). The van der Waals surface area contributed by atoms with E-state index in [4.69, 9.17) is 5.73 Å². The first-order valence-corrected chi connectivity index (χ1v) is 7.79. The zero-order valence-corrected chi connectivity index (χ0v) is 13.3. The molecule has 0 aliphatic heterocycles. The minimum atomic E-state index is -0.268. The number of nitrogens with one attached hydrogen (secondary N) is 1. The third-order valence-electron chi connectivity index (χ3n) is 3.90. The molecule has 2 rings (SSSR count). The number of hydrogen-bond donors (Lipinski definition) is 2. The average Bonchev–Trinajstić information content (AvgIpc) is 2.55. The van der Waals surface area contributed by atoms with Crippen molar-refractivity contribution in [2.45, 2.75) is 38.8 Å². The number of carbonyl (C=O) groups is 1. The molecule has 0 aliphatic rings. The molecule has 2 unspecified atom stereocenters. The van der Waals surface area contributed by atoms with Gasteiger partial charge in [0.1, 0.15) is 0 Å². The van der Waals surface area contributed by atoms with Crippen LogP contribution >= 0.6 is 0 Å². The van der Waals surface area contributed by atoms with E-state index in [9.17, 15) is 4.79 Å². The third-order valence-corrected chi connectivity index (χ3v) is 3.90. The Balaban J connectivity index is 1.90. The zero-order valence-electron chi connectivity index (χ0n) is 13.3. The summed E-state index contributed by atoms with van der Waals surface area (Å²) in [5.41, 5.74) is 9.48. The molecule has 0 saturated heterocycles. The summed E-state index contributed by atoms with van der Waals surface area (Å²) in [5.74, 6) is -0.0246. The van der Waals surface area contributed by atoms with Crippen LogP contribution in [-0.4, -0.2) is 5.91 Å². The normalized spacial score (nSPS) is 13.4. The van der Waals surface area contributed by atoms with Crippen LogP contribution in [0, 0.1) is 0 Å². The van der Waals surface area contributed by atoms with Gasteiger partial charge in [0, 0.05) is 12.5 Å². The Hall–Kier alpha value is -2.13. The lowest BCUT2D eigenvalue weighted by atomic mass is 10.0. The molecule has 3 heteroatoms. The van der Waals surface area contributed by atoms with E-state index in [2.05, 4.69) is 36.5 Å². The van der Waals surface area contributed by atoms with Crippen molar-refractivity contribution in [3.05, 3.63) is 71.3 Å². The number of aryl methyl sites for hydroxylation is 1. The maximum absolute atomic E-state index is 12.1. The molecular weight excluding hydrogens is 272 g/mol. The van der Waals surface area contributed by atoms with Crippen molar-refractivity contribution in [3.8, 4) is 0 Å². The lowest BCUT2D eigenvalue weighted by Crippen LogP contribution is -2.29. The maximum Gasteiger partial charge on any atom is 0.222 e. The van der Waals surface area contributed by atoms with Gasteiger partial charge in [-0.1, -0.05) is 61.5 Å². The van der Waals surface area contributed by atoms with Crippen molar-refractivity contribution in [3.63, 3.8) is 0 Å². The van der Waals surface area contributed by atoms with E-state index in [0.717, 1.165) is 17.5 Å². The second-order valence-electron chi connectivity index (χ2n) is 5.61. The van der Waals surface area contributed by atoms with E-state index >= 15 is 0 Å². The van der Waals surface area contributed by atoms with E-state index in [0.29, 0.717) is 6.42 Å². The first-order chi connectivity index (χ1) is 10.6. The minimum absolute atomic E-state index is 0.0126. The summed E-state index contributed by atoms with van der Waals surface area (Å²) < 4.78 is 0. The Labute approximate surface area is 132 Å². The van der Waals surface area contributed by atoms with Crippen molar-refractivity contribution in [2.75, 3.05) is 0 Å². The second-order valence-corrected chi connectivity index (χ2v) is 5.61. The van der Waals surface area contributed by atoms with E-state index in [1.807, 2.05) is 37.3 Å². The molecule has 22 heavy (non-hydrogen) atoms. The van der Waals surface area contributed by atoms with Crippen molar-refractivity contribution in [1.82, 2.24) is 5.32 Å². The fourth-order valence-electron chi connectivity index (χ4n) is 2.44. The molecule has 1 amide bonds. The average molecular weight is 296 g/mol.